The van der Waals surface area contributed by atoms with Crippen molar-refractivity contribution in [2.45, 2.75) is 6.42 Å². The number of allylic oxidation sites excluding steroid dienone is 3. The summed E-state index contributed by atoms with van der Waals surface area (Å²) in [4.78, 5) is 11.3. The van der Waals surface area contributed by atoms with Crippen LogP contribution in [-0.2, 0) is 4.79 Å². The van der Waals surface area contributed by atoms with Crippen LogP contribution < -0.4 is 10.6 Å². The summed E-state index contributed by atoms with van der Waals surface area (Å²) in [5.74, 6) is -0.926. The number of hydrogen-bond donors (Lipinski definition) is 4. The van der Waals surface area contributed by atoms with Crippen LogP contribution in [0.2, 0.25) is 0 Å². The third-order valence-electron chi connectivity index (χ3n) is 1.86. The van der Waals surface area contributed by atoms with E-state index in [1.165, 1.54) is 0 Å². The van der Waals surface area contributed by atoms with Crippen LogP contribution in [0.3, 0.4) is 0 Å². The van der Waals surface area contributed by atoms with Gasteiger partial charge in [0.25, 0.3) is 11.8 Å². The molecular formula is C8H8N2O3. The number of ketones is 1. The summed E-state index contributed by atoms with van der Waals surface area (Å²) in [5, 5.41) is 23.1. The Bertz CT molecular complexity index is 366. The Labute approximate surface area is 74.1 Å². The molecule has 5 nitrogen and oxygen atoms in total. The van der Waals surface area contributed by atoms with Crippen molar-refractivity contribution in [1.29, 1.82) is 0 Å². The molecule has 2 aliphatic rings. The molecule has 4 N–H and O–H groups in total. The molecule has 0 saturated carbocycles. The summed E-state index contributed by atoms with van der Waals surface area (Å²) >= 11 is 0. The largest absolute Gasteiger partial charge is 0.491 e. The van der Waals surface area contributed by atoms with Crippen LogP contribution in [0, 0.1) is 0 Å². The van der Waals surface area contributed by atoms with Crippen molar-refractivity contribution in [2.24, 2.45) is 0 Å². The monoisotopic (exact) mass is 180 g/mol. The van der Waals surface area contributed by atoms with Gasteiger partial charge in [-0.05, 0) is 6.08 Å². The van der Waals surface area contributed by atoms with Crippen LogP contribution in [0.15, 0.2) is 35.3 Å². The highest BCUT2D eigenvalue weighted by Gasteiger charge is 2.23. The first-order chi connectivity index (χ1) is 6.18. The van der Waals surface area contributed by atoms with Crippen LogP contribution in [0.4, 0.5) is 0 Å². The molecule has 0 aromatic carbocycles. The number of aliphatic hydroxyl groups is 2. The second-order valence-corrected chi connectivity index (χ2v) is 2.77. The van der Waals surface area contributed by atoms with Crippen LogP contribution in [-0.4, -0.2) is 16.0 Å². The lowest BCUT2D eigenvalue weighted by atomic mass is 10.1. The van der Waals surface area contributed by atoms with Gasteiger partial charge in [-0.25, -0.2) is 0 Å². The van der Waals surface area contributed by atoms with Gasteiger partial charge in [-0.3, -0.25) is 4.79 Å². The number of hydrogen-bond acceptors (Lipinski definition) is 5. The molecule has 0 saturated heterocycles. The molecule has 0 fully saturated rings. The smallest absolute Gasteiger partial charge is 0.251 e. The maximum Gasteiger partial charge on any atom is 0.251 e. The van der Waals surface area contributed by atoms with Gasteiger partial charge in [-0.15, -0.1) is 0 Å². The Hall–Kier alpha value is -1.91. The van der Waals surface area contributed by atoms with E-state index in [1.807, 2.05) is 0 Å². The molecule has 13 heavy (non-hydrogen) atoms. The van der Waals surface area contributed by atoms with Gasteiger partial charge in [0.15, 0.2) is 5.78 Å². The highest BCUT2D eigenvalue weighted by molar-refractivity contribution is 5.98. The maximum absolute atomic E-state index is 11.3. The molecule has 0 aromatic heterocycles. The average Bonchev–Trinajstić information content (AvgIpc) is 2.09. The minimum atomic E-state index is -0.428. The zero-order valence-corrected chi connectivity index (χ0v) is 6.66. The van der Waals surface area contributed by atoms with Crippen LogP contribution in [0.1, 0.15) is 6.42 Å². The molecule has 1 heterocycles. The first-order valence-corrected chi connectivity index (χ1v) is 3.79. The molecule has 2 rings (SSSR count). The molecule has 1 aliphatic heterocycles. The van der Waals surface area contributed by atoms with Crippen molar-refractivity contribution in [1.82, 2.24) is 10.6 Å². The lowest BCUT2D eigenvalue weighted by Crippen LogP contribution is -2.34. The highest BCUT2D eigenvalue weighted by Crippen LogP contribution is 2.17. The predicted molar refractivity (Wildman–Crippen MR) is 44.3 cm³/mol. The van der Waals surface area contributed by atoms with E-state index >= 15 is 0 Å². The topological polar surface area (TPSA) is 81.6 Å². The Balaban J connectivity index is 2.36. The van der Waals surface area contributed by atoms with Crippen LogP contribution in [0.5, 0.6) is 0 Å². The molecule has 1 aliphatic carbocycles. The molecule has 0 aromatic rings. The molecule has 5 heteroatoms. The maximum atomic E-state index is 11.3. The van der Waals surface area contributed by atoms with E-state index in [2.05, 4.69) is 10.6 Å². The third-order valence-corrected chi connectivity index (χ3v) is 1.86. The van der Waals surface area contributed by atoms with Crippen LogP contribution >= 0.6 is 0 Å². The minimum absolute atomic E-state index is 0.121. The molecule has 0 unspecified atom stereocenters. The molecule has 68 valence electrons. The quantitative estimate of drug-likeness (QED) is 0.427. The zero-order valence-electron chi connectivity index (χ0n) is 6.66. The van der Waals surface area contributed by atoms with E-state index in [-0.39, 0.29) is 17.4 Å². The second kappa shape index (κ2) is 2.55. The van der Waals surface area contributed by atoms with Crippen molar-refractivity contribution in [3.63, 3.8) is 0 Å². The number of Topliss-reactive ketones (excluding diaryl/α,β-unsaturated/α-hetero) is 1. The fourth-order valence-electron chi connectivity index (χ4n) is 1.22. The molecular weight excluding hydrogens is 172 g/mol. The van der Waals surface area contributed by atoms with Crippen molar-refractivity contribution in [3.05, 3.63) is 35.3 Å². The highest BCUT2D eigenvalue weighted by atomic mass is 16.3. The summed E-state index contributed by atoms with van der Waals surface area (Å²) in [6, 6.07) is 0. The Morgan fingerprint density at radius 3 is 2.69 bits per heavy atom. The fraction of sp³-hybridized carbons (Fsp3) is 0.125. The van der Waals surface area contributed by atoms with Crippen molar-refractivity contribution in [3.8, 4) is 0 Å². The van der Waals surface area contributed by atoms with Gasteiger partial charge in [0.1, 0.15) is 5.70 Å². The predicted octanol–water partition coefficient (Wildman–Crippen LogP) is 0.162. The number of nitrogens with one attached hydrogen (secondary N) is 2. The zero-order chi connectivity index (χ0) is 9.42. The van der Waals surface area contributed by atoms with E-state index in [0.29, 0.717) is 12.1 Å². The van der Waals surface area contributed by atoms with Gasteiger partial charge in [-0.1, -0.05) is 6.08 Å². The summed E-state index contributed by atoms with van der Waals surface area (Å²) < 4.78 is 0. The molecule has 0 radical (unpaired) electrons. The van der Waals surface area contributed by atoms with E-state index in [4.69, 9.17) is 10.2 Å². The summed E-state index contributed by atoms with van der Waals surface area (Å²) in [7, 11) is 0. The summed E-state index contributed by atoms with van der Waals surface area (Å²) in [6.07, 6.45) is 3.67. The number of rotatable bonds is 0. The lowest BCUT2D eigenvalue weighted by Gasteiger charge is -2.22. The van der Waals surface area contributed by atoms with Gasteiger partial charge < -0.3 is 20.8 Å². The second-order valence-electron chi connectivity index (χ2n) is 2.77. The van der Waals surface area contributed by atoms with Crippen molar-refractivity contribution >= 4 is 5.78 Å². The normalized spacial score (nSPS) is 21.1. The number of carbonyl (C=O) groups excluding carboxylic acids is 1. The fourth-order valence-corrected chi connectivity index (χ4v) is 1.22. The van der Waals surface area contributed by atoms with E-state index in [9.17, 15) is 4.79 Å². The standard InChI is InChI=1S/C8H8N2O3/c11-5-3-1-2-4-6(5)10-8(13)7(12)9-4/h1-2,9-10,12-13H,3H2. The lowest BCUT2D eigenvalue weighted by molar-refractivity contribution is -0.115. The van der Waals surface area contributed by atoms with Gasteiger partial charge in [0.2, 0.25) is 0 Å². The van der Waals surface area contributed by atoms with E-state index in [1.54, 1.807) is 12.2 Å². The Morgan fingerprint density at radius 1 is 1.23 bits per heavy atom. The van der Waals surface area contributed by atoms with Gasteiger partial charge in [-0.2, -0.15) is 0 Å². The number of aliphatic hydroxyl groups excluding tert-OH is 2. The van der Waals surface area contributed by atoms with Gasteiger partial charge in [0, 0.05) is 6.42 Å². The van der Waals surface area contributed by atoms with Crippen molar-refractivity contribution in [2.75, 3.05) is 0 Å². The average molecular weight is 180 g/mol. The third kappa shape index (κ3) is 1.14. The first-order valence-electron chi connectivity index (χ1n) is 3.79. The molecule has 0 bridgehead atoms. The summed E-state index contributed by atoms with van der Waals surface area (Å²) in [6.45, 7) is 0. The SMILES string of the molecule is O=C1CC=CC2=C1NC(O)=C(O)N2. The summed E-state index contributed by atoms with van der Waals surface area (Å²) in [5.41, 5.74) is 0.768. The Morgan fingerprint density at radius 2 is 1.92 bits per heavy atom. The van der Waals surface area contributed by atoms with Crippen LogP contribution in [0.25, 0.3) is 0 Å². The number of carbonyl (C=O) groups is 1. The van der Waals surface area contributed by atoms with E-state index in [0.717, 1.165) is 0 Å². The molecule has 0 spiro atoms. The molecule has 0 atom stereocenters. The first kappa shape index (κ1) is 7.72. The van der Waals surface area contributed by atoms with Gasteiger partial charge >= 0.3 is 0 Å². The molecule has 0 amide bonds. The minimum Gasteiger partial charge on any atom is -0.491 e. The Kier molecular flexibility index (Phi) is 1.51. The van der Waals surface area contributed by atoms with Gasteiger partial charge in [0.05, 0.1) is 5.70 Å². The van der Waals surface area contributed by atoms with Crippen molar-refractivity contribution < 1.29 is 15.0 Å². The van der Waals surface area contributed by atoms with E-state index < -0.39 is 5.88 Å².